The zero-order valence-electron chi connectivity index (χ0n) is 23.3. The van der Waals surface area contributed by atoms with Gasteiger partial charge in [-0.15, -0.1) is 0 Å². The number of alkyl carbamates (subject to hydrolysis) is 1. The molecule has 0 saturated carbocycles. The van der Waals surface area contributed by atoms with E-state index in [0.717, 1.165) is 36.0 Å². The van der Waals surface area contributed by atoms with Gasteiger partial charge >= 0.3 is 6.09 Å². The summed E-state index contributed by atoms with van der Waals surface area (Å²) in [6.07, 6.45) is 3.02. The molecule has 1 aromatic rings. The molecule has 35 heavy (non-hydrogen) atoms. The van der Waals surface area contributed by atoms with Crippen LogP contribution in [0.25, 0.3) is 0 Å². The van der Waals surface area contributed by atoms with Gasteiger partial charge in [0.05, 0.1) is 0 Å². The molecule has 3 unspecified atom stereocenters. The summed E-state index contributed by atoms with van der Waals surface area (Å²) in [6.45, 7) is 18.1. The first-order chi connectivity index (χ1) is 16.4. The van der Waals surface area contributed by atoms with Crippen LogP contribution >= 0.6 is 0 Å². The van der Waals surface area contributed by atoms with Gasteiger partial charge in [-0.05, 0) is 70.6 Å². The summed E-state index contributed by atoms with van der Waals surface area (Å²) in [5, 5.41) is 5.81. The van der Waals surface area contributed by atoms with Crippen molar-refractivity contribution >= 4 is 17.9 Å². The van der Waals surface area contributed by atoms with Gasteiger partial charge in [0.2, 0.25) is 11.8 Å². The van der Waals surface area contributed by atoms with Crippen LogP contribution < -0.4 is 10.6 Å². The van der Waals surface area contributed by atoms with E-state index in [-0.39, 0.29) is 17.7 Å². The number of carbonyl (C=O) groups is 3. The van der Waals surface area contributed by atoms with Crippen molar-refractivity contribution in [3.8, 4) is 0 Å². The van der Waals surface area contributed by atoms with Gasteiger partial charge in [0.25, 0.3) is 0 Å². The fourth-order valence-corrected chi connectivity index (χ4v) is 3.85. The van der Waals surface area contributed by atoms with Crippen LogP contribution in [0.3, 0.4) is 0 Å². The average Bonchev–Trinajstić information content (AvgIpc) is 2.78. The maximum absolute atomic E-state index is 13.9. The first-order valence-electron chi connectivity index (χ1n) is 13.0. The summed E-state index contributed by atoms with van der Waals surface area (Å²) in [5.41, 5.74) is 2.25. The molecule has 1 aromatic carbocycles. The second kappa shape index (κ2) is 14.1. The number of hydrogen-bond acceptors (Lipinski definition) is 4. The summed E-state index contributed by atoms with van der Waals surface area (Å²) in [5.74, 6) is -0.642. The third-order valence-electron chi connectivity index (χ3n) is 6.26. The van der Waals surface area contributed by atoms with Crippen LogP contribution in [0, 0.1) is 19.8 Å². The number of aryl methyl sites for hydroxylation is 2. The average molecular weight is 490 g/mol. The Balaban J connectivity index is 3.35. The third kappa shape index (κ3) is 9.54. The number of hydrogen-bond donors (Lipinski definition) is 2. The van der Waals surface area contributed by atoms with E-state index in [2.05, 4.69) is 17.6 Å². The molecule has 0 bridgehead atoms. The summed E-state index contributed by atoms with van der Waals surface area (Å²) < 4.78 is 5.42. The molecule has 2 N–H and O–H groups in total. The molecular weight excluding hydrogens is 442 g/mol. The Bertz CT molecular complexity index is 847. The molecule has 3 atom stereocenters. The molecule has 0 aliphatic heterocycles. The Morgan fingerprint density at radius 3 is 2.20 bits per heavy atom. The highest BCUT2D eigenvalue weighted by Gasteiger charge is 2.37. The molecular formula is C28H47N3O4. The largest absolute Gasteiger partial charge is 0.444 e. The molecule has 0 radical (unpaired) electrons. The first-order valence-corrected chi connectivity index (χ1v) is 13.0. The molecule has 7 nitrogen and oxygen atoms in total. The predicted molar refractivity (Wildman–Crippen MR) is 141 cm³/mol. The fourth-order valence-electron chi connectivity index (χ4n) is 3.85. The smallest absolute Gasteiger partial charge is 0.408 e. The molecule has 0 spiro atoms. The van der Waals surface area contributed by atoms with Gasteiger partial charge in [-0.3, -0.25) is 9.59 Å². The lowest BCUT2D eigenvalue weighted by atomic mass is 9.95. The quantitative estimate of drug-likeness (QED) is 0.383. The van der Waals surface area contributed by atoms with Crippen LogP contribution in [0.15, 0.2) is 18.2 Å². The number of ether oxygens (including phenoxy) is 1. The highest BCUT2D eigenvalue weighted by molar-refractivity contribution is 5.92. The van der Waals surface area contributed by atoms with Gasteiger partial charge in [0, 0.05) is 13.1 Å². The van der Waals surface area contributed by atoms with Crippen LogP contribution in [0.1, 0.15) is 96.9 Å². The minimum absolute atomic E-state index is 0.142. The number of carbonyl (C=O) groups excluding carboxylic acids is 3. The van der Waals surface area contributed by atoms with E-state index in [1.165, 1.54) is 0 Å². The van der Waals surface area contributed by atoms with Crippen LogP contribution in [0.4, 0.5) is 4.79 Å². The number of nitrogens with one attached hydrogen (secondary N) is 2. The highest BCUT2D eigenvalue weighted by Crippen LogP contribution is 2.26. The van der Waals surface area contributed by atoms with Crippen molar-refractivity contribution in [1.29, 1.82) is 0 Å². The van der Waals surface area contributed by atoms with Gasteiger partial charge in [-0.2, -0.15) is 0 Å². The first kappa shape index (κ1) is 30.5. The summed E-state index contributed by atoms with van der Waals surface area (Å²) in [4.78, 5) is 41.5. The van der Waals surface area contributed by atoms with Gasteiger partial charge in [-0.1, -0.05) is 58.2 Å². The monoisotopic (exact) mass is 489 g/mol. The van der Waals surface area contributed by atoms with Crippen LogP contribution in [-0.2, 0) is 14.3 Å². The maximum Gasteiger partial charge on any atom is 0.408 e. The lowest BCUT2D eigenvalue weighted by molar-refractivity contribution is -0.143. The van der Waals surface area contributed by atoms with E-state index in [4.69, 9.17) is 4.74 Å². The SMILES string of the molecule is CCCCCNC(=O)C(c1ccc(C)c(C)c1)N(CC)C(=O)C(NC(=O)OC(C)(C)C)C(C)CC. The van der Waals surface area contributed by atoms with Crippen molar-refractivity contribution < 1.29 is 19.1 Å². The molecule has 0 fully saturated rings. The van der Waals surface area contributed by atoms with Crippen LogP contribution in [0.2, 0.25) is 0 Å². The van der Waals surface area contributed by atoms with Gasteiger partial charge < -0.3 is 20.3 Å². The second-order valence-electron chi connectivity index (χ2n) is 10.4. The van der Waals surface area contributed by atoms with E-state index >= 15 is 0 Å². The number of benzene rings is 1. The molecule has 7 heteroatoms. The number of likely N-dealkylation sites (N-methyl/N-ethyl adjacent to an activating group) is 1. The van der Waals surface area contributed by atoms with Crippen molar-refractivity contribution in [3.05, 3.63) is 34.9 Å². The van der Waals surface area contributed by atoms with E-state index in [1.54, 1.807) is 25.7 Å². The zero-order valence-corrected chi connectivity index (χ0v) is 23.3. The fraction of sp³-hybridized carbons (Fsp3) is 0.679. The number of rotatable bonds is 12. The molecule has 0 aliphatic rings. The summed E-state index contributed by atoms with van der Waals surface area (Å²) in [6, 6.07) is 4.26. The second-order valence-corrected chi connectivity index (χ2v) is 10.4. The third-order valence-corrected chi connectivity index (χ3v) is 6.26. The van der Waals surface area contributed by atoms with Crippen LogP contribution in [-0.4, -0.2) is 47.5 Å². The van der Waals surface area contributed by atoms with E-state index in [0.29, 0.717) is 19.5 Å². The Morgan fingerprint density at radius 2 is 1.69 bits per heavy atom. The topological polar surface area (TPSA) is 87.7 Å². The highest BCUT2D eigenvalue weighted by atomic mass is 16.6. The van der Waals surface area contributed by atoms with Crippen molar-refractivity contribution in [2.24, 2.45) is 5.92 Å². The van der Waals surface area contributed by atoms with Crippen LogP contribution in [0.5, 0.6) is 0 Å². The number of nitrogens with zero attached hydrogens (tertiary/aromatic N) is 1. The summed E-state index contributed by atoms with van der Waals surface area (Å²) in [7, 11) is 0. The molecule has 0 heterocycles. The van der Waals surface area contributed by atoms with Crippen molar-refractivity contribution in [3.63, 3.8) is 0 Å². The molecule has 0 aliphatic carbocycles. The van der Waals surface area contributed by atoms with E-state index in [1.807, 2.05) is 52.8 Å². The minimum Gasteiger partial charge on any atom is -0.444 e. The molecule has 1 rings (SSSR count). The van der Waals surface area contributed by atoms with Crippen molar-refractivity contribution in [2.75, 3.05) is 13.1 Å². The van der Waals surface area contributed by atoms with Crippen molar-refractivity contribution in [2.45, 2.75) is 106 Å². The lowest BCUT2D eigenvalue weighted by Crippen LogP contribution is -2.55. The predicted octanol–water partition coefficient (Wildman–Crippen LogP) is 5.44. The Morgan fingerprint density at radius 1 is 1.03 bits per heavy atom. The molecule has 0 saturated heterocycles. The van der Waals surface area contributed by atoms with E-state index < -0.39 is 23.8 Å². The molecule has 198 valence electrons. The summed E-state index contributed by atoms with van der Waals surface area (Å²) >= 11 is 0. The standard InChI is InChI=1S/C28H47N3O4/c1-10-13-14-17-29-25(32)24(22-16-15-20(5)21(6)18-22)31(12-3)26(33)23(19(4)11-2)30-27(34)35-28(7,8)9/h15-16,18-19,23-24H,10-14,17H2,1-9H3,(H,29,32)(H,30,34). The Kier molecular flexibility index (Phi) is 12.3. The van der Waals surface area contributed by atoms with Gasteiger partial charge in [0.1, 0.15) is 17.7 Å². The Hall–Kier alpha value is -2.57. The van der Waals surface area contributed by atoms with Gasteiger partial charge in [-0.25, -0.2) is 4.79 Å². The van der Waals surface area contributed by atoms with E-state index in [9.17, 15) is 14.4 Å². The van der Waals surface area contributed by atoms with Crippen molar-refractivity contribution in [1.82, 2.24) is 15.5 Å². The lowest BCUT2D eigenvalue weighted by Gasteiger charge is -2.35. The number of amides is 3. The normalized spacial score (nSPS) is 14.0. The maximum atomic E-state index is 13.9. The number of unbranched alkanes of at least 4 members (excludes halogenated alkanes) is 2. The zero-order chi connectivity index (χ0) is 26.8. The Labute approximate surface area is 212 Å². The van der Waals surface area contributed by atoms with Gasteiger partial charge in [0.15, 0.2) is 0 Å². The minimum atomic E-state index is -0.809. The molecule has 3 amide bonds. The molecule has 0 aromatic heterocycles.